The molecule has 3 nitrogen and oxygen atoms in total. The van der Waals surface area contributed by atoms with E-state index in [-0.39, 0.29) is 16.7 Å². The molecule has 0 aliphatic heterocycles. The van der Waals surface area contributed by atoms with Crippen LogP contribution < -0.4 is 4.74 Å². The summed E-state index contributed by atoms with van der Waals surface area (Å²) in [6.07, 6.45) is 1.37. The molecular formula is C12H17BrO3S. The first kappa shape index (κ1) is 14.5. The van der Waals surface area contributed by atoms with E-state index < -0.39 is 9.84 Å². The van der Waals surface area contributed by atoms with Crippen molar-refractivity contribution in [3.8, 4) is 5.75 Å². The lowest BCUT2D eigenvalue weighted by Crippen LogP contribution is -2.09. The third-order valence-electron chi connectivity index (χ3n) is 2.06. The lowest BCUT2D eigenvalue weighted by atomic mass is 10.2. The molecule has 0 radical (unpaired) electrons. The van der Waals surface area contributed by atoms with E-state index in [2.05, 4.69) is 15.9 Å². The summed E-state index contributed by atoms with van der Waals surface area (Å²) >= 11 is 3.38. The smallest absolute Gasteiger partial charge is 0.148 e. The highest BCUT2D eigenvalue weighted by Crippen LogP contribution is 2.26. The van der Waals surface area contributed by atoms with Crippen LogP contribution in [0.15, 0.2) is 24.3 Å². The second-order valence-corrected chi connectivity index (χ2v) is 7.59. The molecule has 0 spiro atoms. The second kappa shape index (κ2) is 5.87. The fraction of sp³-hybridized carbons (Fsp3) is 0.500. The van der Waals surface area contributed by atoms with Crippen molar-refractivity contribution in [1.82, 2.24) is 0 Å². The summed E-state index contributed by atoms with van der Waals surface area (Å²) in [6, 6.07) is 7.46. The molecule has 1 rings (SSSR count). The van der Waals surface area contributed by atoms with Gasteiger partial charge in [-0.25, -0.2) is 8.42 Å². The average Bonchev–Trinajstić information content (AvgIpc) is 2.15. The van der Waals surface area contributed by atoms with Gasteiger partial charge >= 0.3 is 0 Å². The molecule has 1 unspecified atom stereocenters. The van der Waals surface area contributed by atoms with Gasteiger partial charge in [0.1, 0.15) is 15.6 Å². The van der Waals surface area contributed by atoms with Crippen LogP contribution in [0, 0.1) is 0 Å². The Bertz CT molecular complexity index is 451. The Morgan fingerprint density at radius 3 is 2.18 bits per heavy atom. The van der Waals surface area contributed by atoms with E-state index in [1.807, 2.05) is 38.1 Å². The monoisotopic (exact) mass is 320 g/mol. The Morgan fingerprint density at radius 1 is 1.24 bits per heavy atom. The Hall–Kier alpha value is -0.550. The maximum Gasteiger partial charge on any atom is 0.148 e. The highest BCUT2D eigenvalue weighted by atomic mass is 79.9. The number of hydrogen-bond donors (Lipinski definition) is 0. The van der Waals surface area contributed by atoms with Gasteiger partial charge in [-0.3, -0.25) is 0 Å². The number of rotatable bonds is 5. The molecule has 0 heterocycles. The molecule has 0 aliphatic carbocycles. The van der Waals surface area contributed by atoms with E-state index in [0.29, 0.717) is 0 Å². The van der Waals surface area contributed by atoms with Gasteiger partial charge in [-0.2, -0.15) is 0 Å². The third-order valence-corrected chi connectivity index (χ3v) is 4.28. The molecule has 1 aromatic rings. The second-order valence-electron chi connectivity index (χ2n) is 4.30. The van der Waals surface area contributed by atoms with E-state index in [4.69, 9.17) is 4.74 Å². The first-order valence-electron chi connectivity index (χ1n) is 5.36. The van der Waals surface area contributed by atoms with Crippen molar-refractivity contribution in [2.45, 2.75) is 24.8 Å². The molecule has 0 saturated carbocycles. The van der Waals surface area contributed by atoms with Crippen molar-refractivity contribution < 1.29 is 13.2 Å². The van der Waals surface area contributed by atoms with E-state index >= 15 is 0 Å². The van der Waals surface area contributed by atoms with E-state index in [0.717, 1.165) is 11.3 Å². The van der Waals surface area contributed by atoms with Gasteiger partial charge in [0.2, 0.25) is 0 Å². The lowest BCUT2D eigenvalue weighted by Gasteiger charge is -2.12. The number of ether oxygens (including phenoxy) is 1. The highest BCUT2D eigenvalue weighted by molar-refractivity contribution is 9.09. The molecule has 0 aliphatic rings. The van der Waals surface area contributed by atoms with Crippen LogP contribution in [0.25, 0.3) is 0 Å². The van der Waals surface area contributed by atoms with E-state index in [1.54, 1.807) is 0 Å². The predicted octanol–water partition coefficient (Wildman–Crippen LogP) is 2.95. The van der Waals surface area contributed by atoms with Crippen LogP contribution in [0.5, 0.6) is 5.75 Å². The molecular weight excluding hydrogens is 304 g/mol. The SMILES string of the molecule is CC(C)Oc1ccc(C(Br)CS(C)(=O)=O)cc1. The van der Waals surface area contributed by atoms with Gasteiger partial charge in [0.15, 0.2) is 0 Å². The van der Waals surface area contributed by atoms with Crippen LogP contribution in [-0.4, -0.2) is 26.5 Å². The Labute approximate surface area is 111 Å². The maximum absolute atomic E-state index is 11.2. The summed E-state index contributed by atoms with van der Waals surface area (Å²) in [5, 5.41) is 0. The fourth-order valence-corrected chi connectivity index (χ4v) is 3.86. The fourth-order valence-electron chi connectivity index (χ4n) is 1.39. The van der Waals surface area contributed by atoms with Crippen molar-refractivity contribution in [3.63, 3.8) is 0 Å². The molecule has 0 N–H and O–H groups in total. The van der Waals surface area contributed by atoms with Gasteiger partial charge in [0.05, 0.1) is 16.7 Å². The van der Waals surface area contributed by atoms with Crippen LogP contribution in [0.4, 0.5) is 0 Å². The maximum atomic E-state index is 11.2. The van der Waals surface area contributed by atoms with Gasteiger partial charge in [0.25, 0.3) is 0 Å². The van der Waals surface area contributed by atoms with Crippen LogP contribution >= 0.6 is 15.9 Å². The minimum Gasteiger partial charge on any atom is -0.491 e. The van der Waals surface area contributed by atoms with Gasteiger partial charge in [-0.05, 0) is 31.5 Å². The quantitative estimate of drug-likeness (QED) is 0.783. The van der Waals surface area contributed by atoms with E-state index in [9.17, 15) is 8.42 Å². The zero-order valence-corrected chi connectivity index (χ0v) is 12.6. The third kappa shape index (κ3) is 5.55. The average molecular weight is 321 g/mol. The highest BCUT2D eigenvalue weighted by Gasteiger charge is 2.14. The molecule has 96 valence electrons. The van der Waals surface area contributed by atoms with Crippen LogP contribution in [0.2, 0.25) is 0 Å². The zero-order valence-electron chi connectivity index (χ0n) is 10.2. The number of alkyl halides is 1. The molecule has 1 aromatic carbocycles. The minimum atomic E-state index is -2.98. The summed E-state index contributed by atoms with van der Waals surface area (Å²) in [5.41, 5.74) is 0.937. The number of halogens is 1. The van der Waals surface area contributed by atoms with Gasteiger partial charge in [-0.1, -0.05) is 28.1 Å². The summed E-state index contributed by atoms with van der Waals surface area (Å²) in [6.45, 7) is 3.93. The van der Waals surface area contributed by atoms with Crippen LogP contribution in [-0.2, 0) is 9.84 Å². The minimum absolute atomic E-state index is 0.0946. The normalized spacial score (nSPS) is 13.7. The van der Waals surface area contributed by atoms with Gasteiger partial charge in [-0.15, -0.1) is 0 Å². The van der Waals surface area contributed by atoms with Crippen molar-refractivity contribution in [1.29, 1.82) is 0 Å². The summed E-state index contributed by atoms with van der Waals surface area (Å²) in [4.78, 5) is -0.175. The van der Waals surface area contributed by atoms with Crippen LogP contribution in [0.3, 0.4) is 0 Å². The molecule has 0 aromatic heterocycles. The molecule has 0 saturated heterocycles. The molecule has 5 heteroatoms. The molecule has 0 bridgehead atoms. The lowest BCUT2D eigenvalue weighted by molar-refractivity contribution is 0.242. The first-order valence-corrected chi connectivity index (χ1v) is 8.34. The Morgan fingerprint density at radius 2 is 1.76 bits per heavy atom. The summed E-state index contributed by atoms with van der Waals surface area (Å²) in [5.74, 6) is 0.889. The van der Waals surface area contributed by atoms with E-state index in [1.165, 1.54) is 6.26 Å². The number of benzene rings is 1. The molecule has 17 heavy (non-hydrogen) atoms. The molecule has 1 atom stereocenters. The van der Waals surface area contributed by atoms with Gasteiger partial charge < -0.3 is 4.74 Å². The molecule has 0 amide bonds. The van der Waals surface area contributed by atoms with Gasteiger partial charge in [0, 0.05) is 6.26 Å². The summed E-state index contributed by atoms with van der Waals surface area (Å²) < 4.78 is 27.9. The van der Waals surface area contributed by atoms with Crippen molar-refractivity contribution >= 4 is 25.8 Å². The number of sulfone groups is 1. The number of hydrogen-bond acceptors (Lipinski definition) is 3. The Balaban J connectivity index is 2.73. The zero-order chi connectivity index (χ0) is 13.1. The van der Waals surface area contributed by atoms with Crippen molar-refractivity contribution in [2.24, 2.45) is 0 Å². The van der Waals surface area contributed by atoms with Crippen molar-refractivity contribution in [2.75, 3.05) is 12.0 Å². The standard InChI is InChI=1S/C12H17BrO3S/c1-9(2)16-11-6-4-10(5-7-11)12(13)8-17(3,14)15/h4-7,9,12H,8H2,1-3H3. The largest absolute Gasteiger partial charge is 0.491 e. The Kier molecular flexibility index (Phi) is 5.01. The summed E-state index contributed by atoms with van der Waals surface area (Å²) in [7, 11) is -2.98. The van der Waals surface area contributed by atoms with Crippen molar-refractivity contribution in [3.05, 3.63) is 29.8 Å². The first-order chi connectivity index (χ1) is 7.78. The predicted molar refractivity (Wildman–Crippen MR) is 73.6 cm³/mol. The van der Waals surface area contributed by atoms with Crippen LogP contribution in [0.1, 0.15) is 24.2 Å². The topological polar surface area (TPSA) is 43.4 Å². The molecule has 0 fully saturated rings.